The molecule has 0 aromatic heterocycles. The Morgan fingerprint density at radius 1 is 0.796 bits per heavy atom. The number of imide groups is 1. The van der Waals surface area contributed by atoms with Crippen molar-refractivity contribution in [2.75, 3.05) is 0 Å². The van der Waals surface area contributed by atoms with Gasteiger partial charge in [-0.05, 0) is 59.4 Å². The lowest BCUT2D eigenvalue weighted by Crippen LogP contribution is -2.58. The predicted molar refractivity (Wildman–Crippen MR) is 185 cm³/mol. The minimum atomic E-state index is -1.45. The van der Waals surface area contributed by atoms with Crippen LogP contribution < -0.4 is 27.8 Å². The lowest BCUT2D eigenvalue weighted by atomic mass is 9.99. The minimum absolute atomic E-state index is 0.00749. The summed E-state index contributed by atoms with van der Waals surface area (Å²) in [4.78, 5) is 71.4. The Bertz CT molecular complexity index is 1670. The van der Waals surface area contributed by atoms with Gasteiger partial charge >= 0.3 is 0 Å². The van der Waals surface area contributed by atoms with Crippen LogP contribution in [0.4, 0.5) is 10.1 Å². The summed E-state index contributed by atoms with van der Waals surface area (Å²) in [6, 6.07) is 16.9. The monoisotopic (exact) mass is 671 g/mol. The zero-order chi connectivity index (χ0) is 36.1. The van der Waals surface area contributed by atoms with Gasteiger partial charge in [-0.3, -0.25) is 28.9 Å². The summed E-state index contributed by atoms with van der Waals surface area (Å²) in [5.74, 6) is -4.45. The Hall–Kier alpha value is -5.85. The summed E-state index contributed by atoms with van der Waals surface area (Å²) < 4.78 is 13.8. The van der Waals surface area contributed by atoms with Crippen LogP contribution in [0.2, 0.25) is 0 Å². The average molecular weight is 672 g/mol. The Balaban J connectivity index is 2.01. The molecule has 3 atom stereocenters. The van der Waals surface area contributed by atoms with Gasteiger partial charge in [0.25, 0.3) is 5.91 Å². The van der Waals surface area contributed by atoms with Crippen LogP contribution in [0.3, 0.4) is 0 Å². The van der Waals surface area contributed by atoms with E-state index in [4.69, 9.17) is 17.2 Å². The van der Waals surface area contributed by atoms with Gasteiger partial charge < -0.3 is 27.8 Å². The van der Waals surface area contributed by atoms with Gasteiger partial charge in [0.15, 0.2) is 5.96 Å². The normalized spacial score (nSPS) is 12.8. The van der Waals surface area contributed by atoms with E-state index in [2.05, 4.69) is 15.6 Å². The van der Waals surface area contributed by atoms with Gasteiger partial charge in [0.05, 0.1) is 5.69 Å². The highest BCUT2D eigenvalue weighted by Gasteiger charge is 2.35. The van der Waals surface area contributed by atoms with Crippen LogP contribution in [-0.2, 0) is 36.8 Å². The molecule has 0 aliphatic rings. The number of benzene rings is 3. The maximum Gasteiger partial charge on any atom is 0.253 e. The Labute approximate surface area is 284 Å². The highest BCUT2D eigenvalue weighted by molar-refractivity contribution is 6.06. The molecule has 0 fully saturated rings. The van der Waals surface area contributed by atoms with Gasteiger partial charge in [-0.25, -0.2) is 9.38 Å². The van der Waals surface area contributed by atoms with Gasteiger partial charge in [-0.2, -0.15) is 0 Å². The van der Waals surface area contributed by atoms with Crippen LogP contribution in [-0.4, -0.2) is 58.5 Å². The van der Waals surface area contributed by atoms with Gasteiger partial charge in [-0.15, -0.1) is 0 Å². The first-order chi connectivity index (χ1) is 23.2. The number of hydrogen-bond donors (Lipinski definition) is 5. The van der Waals surface area contributed by atoms with Crippen molar-refractivity contribution in [3.05, 3.63) is 107 Å². The standard InChI is InChI=1S/C36H42FN7O5/c1-22(2)19-29(33(38)47)42-34(48)30(20-25-11-16-28(17-12-25)41-36(39)40)43-35(49)31(21-26-9-14-27(37)15-10-26)44(23(3)45)32(46)18-13-24-7-5-4-6-8-24/h4-18,22,29-31H,19-21H2,1-3H3,(H2,38,47)(H,42,48)(H,43,49)(H4,39,40,41)/b18-13+. The molecule has 258 valence electrons. The number of hydrogen-bond acceptors (Lipinski definition) is 6. The first kappa shape index (κ1) is 37.6. The third-order valence-electron chi connectivity index (χ3n) is 7.39. The molecule has 49 heavy (non-hydrogen) atoms. The van der Waals surface area contributed by atoms with Gasteiger partial charge in [0, 0.05) is 25.8 Å². The van der Waals surface area contributed by atoms with Crippen molar-refractivity contribution in [1.29, 1.82) is 0 Å². The largest absolute Gasteiger partial charge is 0.370 e. The van der Waals surface area contributed by atoms with Gasteiger partial charge in [-0.1, -0.05) is 68.4 Å². The van der Waals surface area contributed by atoms with E-state index in [9.17, 15) is 28.4 Å². The van der Waals surface area contributed by atoms with E-state index in [1.807, 2.05) is 19.9 Å². The van der Waals surface area contributed by atoms with Crippen molar-refractivity contribution in [2.24, 2.45) is 28.1 Å². The first-order valence-electron chi connectivity index (χ1n) is 15.6. The molecule has 0 heterocycles. The summed E-state index contributed by atoms with van der Waals surface area (Å²) in [5, 5.41) is 5.33. The van der Waals surface area contributed by atoms with Crippen molar-refractivity contribution in [3.63, 3.8) is 0 Å². The number of nitrogens with two attached hydrogens (primary N) is 3. The molecular weight excluding hydrogens is 629 g/mol. The topological polar surface area (TPSA) is 203 Å². The second-order valence-electron chi connectivity index (χ2n) is 11.9. The van der Waals surface area contributed by atoms with E-state index >= 15 is 0 Å². The third kappa shape index (κ3) is 12.0. The molecule has 3 aromatic carbocycles. The van der Waals surface area contributed by atoms with Crippen LogP contribution in [0.15, 0.2) is 89.9 Å². The predicted octanol–water partition coefficient (Wildman–Crippen LogP) is 2.47. The SMILES string of the molecule is CC(=O)N(C(=O)/C=C/c1ccccc1)C(Cc1ccc(F)cc1)C(=O)NC(Cc1ccc(N=C(N)N)cc1)C(=O)NC(CC(C)C)C(N)=O. The van der Waals surface area contributed by atoms with Crippen molar-refractivity contribution < 1.29 is 28.4 Å². The van der Waals surface area contributed by atoms with Crippen molar-refractivity contribution >= 4 is 47.3 Å². The number of guanidine groups is 1. The lowest BCUT2D eigenvalue weighted by molar-refractivity contribution is -0.148. The summed E-state index contributed by atoms with van der Waals surface area (Å²) in [6.07, 6.45) is 2.69. The van der Waals surface area contributed by atoms with Gasteiger partial charge in [0.1, 0.15) is 23.9 Å². The van der Waals surface area contributed by atoms with E-state index in [-0.39, 0.29) is 31.1 Å². The van der Waals surface area contributed by atoms with E-state index in [1.165, 1.54) is 36.4 Å². The number of primary amides is 1. The molecule has 0 saturated heterocycles. The van der Waals surface area contributed by atoms with E-state index in [1.54, 1.807) is 48.5 Å². The van der Waals surface area contributed by atoms with Gasteiger partial charge in [0.2, 0.25) is 23.6 Å². The molecule has 0 radical (unpaired) electrons. The number of carbonyl (C=O) groups is 5. The van der Waals surface area contributed by atoms with Crippen molar-refractivity contribution in [1.82, 2.24) is 15.5 Å². The molecule has 0 aliphatic carbocycles. The van der Waals surface area contributed by atoms with Crippen LogP contribution in [0.1, 0.15) is 43.9 Å². The Morgan fingerprint density at radius 3 is 1.92 bits per heavy atom. The molecular formula is C36H42FN7O5. The molecule has 5 amide bonds. The molecule has 0 aliphatic heterocycles. The number of carbonyl (C=O) groups excluding carboxylic acids is 5. The summed E-state index contributed by atoms with van der Waals surface area (Å²) >= 11 is 0. The van der Waals surface area contributed by atoms with Crippen LogP contribution in [0.25, 0.3) is 6.08 Å². The number of nitrogens with zero attached hydrogens (tertiary/aromatic N) is 2. The van der Waals surface area contributed by atoms with Crippen molar-refractivity contribution in [3.8, 4) is 0 Å². The summed E-state index contributed by atoms with van der Waals surface area (Å²) in [7, 11) is 0. The third-order valence-corrected chi connectivity index (χ3v) is 7.39. The number of amides is 5. The fraction of sp³-hybridized carbons (Fsp3) is 0.278. The van der Waals surface area contributed by atoms with Crippen LogP contribution in [0, 0.1) is 11.7 Å². The average Bonchev–Trinajstić information content (AvgIpc) is 3.04. The summed E-state index contributed by atoms with van der Waals surface area (Å²) in [5.41, 5.74) is 18.7. The van der Waals surface area contributed by atoms with E-state index < -0.39 is 53.5 Å². The molecule has 3 aromatic rings. The summed E-state index contributed by atoms with van der Waals surface area (Å²) in [6.45, 7) is 4.86. The molecule has 12 nitrogen and oxygen atoms in total. The molecule has 3 unspecified atom stereocenters. The minimum Gasteiger partial charge on any atom is -0.370 e. The zero-order valence-electron chi connectivity index (χ0n) is 27.6. The maximum absolute atomic E-state index is 14.1. The van der Waals surface area contributed by atoms with Crippen molar-refractivity contribution in [2.45, 2.75) is 58.2 Å². The molecule has 0 spiro atoms. The number of halogens is 1. The molecule has 3 rings (SSSR count). The van der Waals surface area contributed by atoms with E-state index in [0.717, 1.165) is 11.8 Å². The molecule has 13 heteroatoms. The molecule has 0 saturated carbocycles. The second kappa shape index (κ2) is 17.9. The fourth-order valence-corrected chi connectivity index (χ4v) is 5.04. The highest BCUT2D eigenvalue weighted by Crippen LogP contribution is 2.17. The van der Waals surface area contributed by atoms with E-state index in [0.29, 0.717) is 22.4 Å². The Kier molecular flexibility index (Phi) is 13.7. The number of aliphatic imine (C=N–C) groups is 1. The quantitative estimate of drug-likeness (QED) is 0.0927. The lowest BCUT2D eigenvalue weighted by Gasteiger charge is -2.30. The second-order valence-corrected chi connectivity index (χ2v) is 11.9. The zero-order valence-corrected chi connectivity index (χ0v) is 27.6. The number of rotatable bonds is 15. The maximum atomic E-state index is 14.1. The fourth-order valence-electron chi connectivity index (χ4n) is 5.04. The van der Waals surface area contributed by atoms with Crippen LogP contribution >= 0.6 is 0 Å². The first-order valence-corrected chi connectivity index (χ1v) is 15.6. The van der Waals surface area contributed by atoms with Crippen LogP contribution in [0.5, 0.6) is 0 Å². The molecule has 0 bridgehead atoms. The molecule has 8 N–H and O–H groups in total. The number of nitrogens with one attached hydrogen (secondary N) is 2. The smallest absolute Gasteiger partial charge is 0.253 e. The Morgan fingerprint density at radius 2 is 1.37 bits per heavy atom. The highest BCUT2D eigenvalue weighted by atomic mass is 19.1.